The summed E-state index contributed by atoms with van der Waals surface area (Å²) in [6, 6.07) is 10.2. The van der Waals surface area contributed by atoms with Crippen molar-refractivity contribution >= 4 is 22.0 Å². The van der Waals surface area contributed by atoms with Crippen LogP contribution < -0.4 is 0 Å². The number of rotatable bonds is 1. The first-order valence-corrected chi connectivity index (χ1v) is 3.01. The molecule has 0 saturated carbocycles. The van der Waals surface area contributed by atoms with Crippen molar-refractivity contribution in [2.24, 2.45) is 0 Å². The first-order valence-electron chi connectivity index (χ1n) is 3.01. The summed E-state index contributed by atoms with van der Waals surface area (Å²) in [4.78, 5) is 0. The van der Waals surface area contributed by atoms with Crippen LogP contribution in [0.3, 0.4) is 0 Å². The number of hydrogen-bond acceptors (Lipinski definition) is 0. The Labute approximate surface area is 64.8 Å². The van der Waals surface area contributed by atoms with Gasteiger partial charge in [-0.25, -0.2) is 0 Å². The molecule has 0 aliphatic rings. The molecule has 0 bridgehead atoms. The van der Waals surface area contributed by atoms with E-state index in [1.165, 1.54) is 5.56 Å². The minimum absolute atomic E-state index is 1.12. The van der Waals surface area contributed by atoms with Gasteiger partial charge in [0.25, 0.3) is 0 Å². The molecule has 0 nitrogen and oxygen atoms in total. The van der Waals surface area contributed by atoms with Crippen molar-refractivity contribution in [1.29, 1.82) is 0 Å². The van der Waals surface area contributed by atoms with Crippen LogP contribution in [0.15, 0.2) is 36.9 Å². The molecule has 0 aromatic heterocycles. The maximum atomic E-state index is 3.83. The van der Waals surface area contributed by atoms with Gasteiger partial charge in [0.1, 0.15) is 0 Å². The van der Waals surface area contributed by atoms with Crippen LogP contribution in [-0.2, 0) is 0 Å². The van der Waals surface area contributed by atoms with Gasteiger partial charge in [-0.15, -0.1) is 0 Å². The molecule has 0 saturated heterocycles. The van der Waals surface area contributed by atoms with Crippen molar-refractivity contribution in [2.45, 2.75) is 0 Å². The maximum absolute atomic E-state index is 3.83. The van der Waals surface area contributed by atoms with E-state index in [2.05, 4.69) is 18.7 Å². The quantitative estimate of drug-likeness (QED) is 0.484. The van der Waals surface area contributed by atoms with Gasteiger partial charge < -0.3 is 0 Å². The summed E-state index contributed by atoms with van der Waals surface area (Å²) in [6.45, 7) is 3.83. The fourth-order valence-electron chi connectivity index (χ4n) is 0.723. The summed E-state index contributed by atoms with van der Waals surface area (Å²) < 4.78 is 1.12. The van der Waals surface area contributed by atoms with Gasteiger partial charge in [0, 0.05) is 0 Å². The van der Waals surface area contributed by atoms with Crippen molar-refractivity contribution in [3.05, 3.63) is 42.5 Å². The van der Waals surface area contributed by atoms with Crippen molar-refractivity contribution < 1.29 is 0 Å². The van der Waals surface area contributed by atoms with E-state index in [1.807, 2.05) is 35.9 Å². The average Bonchev–Trinajstić information content (AvgIpc) is 1.90. The summed E-state index contributed by atoms with van der Waals surface area (Å²) in [5, 5.41) is 0. The van der Waals surface area contributed by atoms with Gasteiger partial charge in [0.2, 0.25) is 0 Å². The van der Waals surface area contributed by atoms with Crippen molar-refractivity contribution in [2.75, 3.05) is 0 Å². The molecule has 0 unspecified atom stereocenters. The van der Waals surface area contributed by atoms with E-state index < -0.39 is 0 Å². The van der Waals surface area contributed by atoms with Crippen LogP contribution in [0.2, 0.25) is 0 Å². The molecule has 1 aromatic carbocycles. The molecule has 1 rings (SSSR count). The third kappa shape index (κ3) is 1.75. The molecule has 0 heterocycles. The molecular weight excluding hydrogens is 103 g/mol. The Hall–Kier alpha value is -0.443. The summed E-state index contributed by atoms with van der Waals surface area (Å²) in [6.07, 6.45) is 0. The van der Waals surface area contributed by atoms with Crippen LogP contribution in [0.1, 0.15) is 5.56 Å². The monoisotopic (exact) mass is 110 g/mol. The molecule has 0 atom stereocenters. The third-order valence-corrected chi connectivity index (χ3v) is 1.27. The molecule has 0 amide bonds. The zero-order valence-electron chi connectivity index (χ0n) is 5.59. The Kier molecular flexibility index (Phi) is 2.16. The predicted molar refractivity (Wildman–Crippen MR) is 41.2 cm³/mol. The molecule has 0 aliphatic heterocycles. The minimum atomic E-state index is 1.12. The third-order valence-electron chi connectivity index (χ3n) is 1.27. The van der Waals surface area contributed by atoms with Crippen LogP contribution in [-0.4, -0.2) is 17.7 Å². The number of hydrogen-bond donors (Lipinski definition) is 0. The van der Waals surface area contributed by atoms with E-state index in [0.29, 0.717) is 0 Å². The van der Waals surface area contributed by atoms with Crippen LogP contribution in [0.4, 0.5) is 0 Å². The van der Waals surface area contributed by atoms with Gasteiger partial charge in [-0.3, -0.25) is 0 Å². The van der Waals surface area contributed by atoms with Gasteiger partial charge in [-0.05, 0) is 0 Å². The standard InChI is InChI=1S/C8H7.Li/c1-2-8-6-4-3-5-7-8;/h3-7H,1H2;. The molecule has 0 spiro atoms. The molecule has 40 valence electrons. The molecule has 9 heavy (non-hydrogen) atoms. The van der Waals surface area contributed by atoms with Crippen LogP contribution in [0.5, 0.6) is 0 Å². The normalized spacial score (nSPS) is 9.11. The Balaban J connectivity index is 2.98. The Morgan fingerprint density at radius 3 is 2.11 bits per heavy atom. The Bertz CT molecular complexity index is 201. The zero-order chi connectivity index (χ0) is 6.69. The van der Waals surface area contributed by atoms with Gasteiger partial charge >= 0.3 is 64.4 Å². The van der Waals surface area contributed by atoms with Gasteiger partial charge in [0.15, 0.2) is 0 Å². The molecule has 0 fully saturated rings. The zero-order valence-corrected chi connectivity index (χ0v) is 5.59. The fourth-order valence-corrected chi connectivity index (χ4v) is 0.723. The fraction of sp³-hybridized carbons (Fsp3) is 0. The van der Waals surface area contributed by atoms with E-state index in [1.54, 1.807) is 0 Å². The van der Waals surface area contributed by atoms with E-state index in [0.717, 1.165) is 4.25 Å². The molecule has 0 N–H and O–H groups in total. The molecule has 1 aromatic rings. The molecule has 1 heteroatoms. The second kappa shape index (κ2) is 2.92. The molecule has 0 radical (unpaired) electrons. The summed E-state index contributed by atoms with van der Waals surface area (Å²) in [5.74, 6) is 0. The van der Waals surface area contributed by atoms with E-state index in [9.17, 15) is 0 Å². The van der Waals surface area contributed by atoms with Gasteiger partial charge in [-0.2, -0.15) is 0 Å². The SMILES string of the molecule is [Li][C](=C)c1ccccc1. The van der Waals surface area contributed by atoms with E-state index >= 15 is 0 Å². The summed E-state index contributed by atoms with van der Waals surface area (Å²) >= 11 is 2.01. The Morgan fingerprint density at radius 1 is 1.22 bits per heavy atom. The molecule has 0 aliphatic carbocycles. The van der Waals surface area contributed by atoms with Crippen LogP contribution in [0.25, 0.3) is 4.25 Å². The topological polar surface area (TPSA) is 0 Å². The van der Waals surface area contributed by atoms with E-state index in [-0.39, 0.29) is 0 Å². The first kappa shape index (κ1) is 6.67. The number of benzene rings is 1. The summed E-state index contributed by atoms with van der Waals surface area (Å²) in [7, 11) is 0. The predicted octanol–water partition coefficient (Wildman–Crippen LogP) is 1.83. The Morgan fingerprint density at radius 2 is 1.78 bits per heavy atom. The van der Waals surface area contributed by atoms with Gasteiger partial charge in [0.05, 0.1) is 0 Å². The van der Waals surface area contributed by atoms with Crippen LogP contribution >= 0.6 is 0 Å². The molecular formula is C8H7Li. The second-order valence-corrected chi connectivity index (χ2v) is 2.15. The first-order chi connectivity index (χ1) is 4.30. The average molecular weight is 110 g/mol. The van der Waals surface area contributed by atoms with Crippen molar-refractivity contribution in [3.8, 4) is 0 Å². The van der Waals surface area contributed by atoms with Crippen molar-refractivity contribution in [3.63, 3.8) is 0 Å². The van der Waals surface area contributed by atoms with Gasteiger partial charge in [-0.1, -0.05) is 0 Å². The van der Waals surface area contributed by atoms with E-state index in [4.69, 9.17) is 0 Å². The second-order valence-electron chi connectivity index (χ2n) is 2.15. The van der Waals surface area contributed by atoms with Crippen LogP contribution in [0, 0.1) is 0 Å². The van der Waals surface area contributed by atoms with Crippen molar-refractivity contribution in [1.82, 2.24) is 0 Å². The summed E-state index contributed by atoms with van der Waals surface area (Å²) in [5.41, 5.74) is 1.22.